The molecule has 0 unspecified atom stereocenters. The molecular weight excluding hydrogens is 287 g/mol. The normalized spacial score (nSPS) is 7.77. The van der Waals surface area contributed by atoms with Crippen LogP contribution in [0, 0.1) is 0 Å². The molecule has 0 saturated heterocycles. The van der Waals surface area contributed by atoms with Gasteiger partial charge in [-0.3, -0.25) is 7.32 Å². The summed E-state index contributed by atoms with van der Waals surface area (Å²) in [6.45, 7) is 0. The van der Waals surface area contributed by atoms with E-state index in [1.165, 1.54) is 0 Å². The van der Waals surface area contributed by atoms with E-state index in [9.17, 15) is 0 Å². The summed E-state index contributed by atoms with van der Waals surface area (Å²) < 4.78 is 14.0. The Kier molecular flexibility index (Phi) is 14.5. The minimum atomic E-state index is -2.92. The summed E-state index contributed by atoms with van der Waals surface area (Å²) in [6, 6.07) is 16.7. The second-order valence-electron chi connectivity index (χ2n) is 3.25. The van der Waals surface area contributed by atoms with E-state index in [2.05, 4.69) is 13.3 Å². The van der Waals surface area contributed by atoms with Crippen LogP contribution in [-0.2, 0) is 0 Å². The monoisotopic (exact) mass is 302 g/mol. The van der Waals surface area contributed by atoms with Crippen LogP contribution in [0.25, 0.3) is 0 Å². The molecule has 3 aromatic heterocycles. The van der Waals surface area contributed by atoms with Crippen molar-refractivity contribution in [3.8, 4) is 0 Å². The Labute approximate surface area is 128 Å². The lowest BCUT2D eigenvalue weighted by molar-refractivity contribution is -0.479. The zero-order valence-corrected chi connectivity index (χ0v) is 11.7. The van der Waals surface area contributed by atoms with E-state index in [1.807, 2.05) is 54.6 Å². The molecule has 0 amide bonds. The van der Waals surface area contributed by atoms with Gasteiger partial charge in [0.1, 0.15) is 0 Å². The van der Waals surface area contributed by atoms with Gasteiger partial charge in [-0.15, -0.1) is 0 Å². The van der Waals surface area contributed by atoms with Crippen molar-refractivity contribution in [2.75, 3.05) is 0 Å². The van der Waals surface area contributed by atoms with E-state index in [1.54, 1.807) is 37.6 Å². The predicted molar refractivity (Wildman–Crippen MR) is 75.1 cm³/mol. The number of hydrogen-bond acceptors (Lipinski definition) is 3. The average molecular weight is 302 g/mol. The van der Waals surface area contributed by atoms with Gasteiger partial charge in [-0.2, -0.15) is 0 Å². The van der Waals surface area contributed by atoms with Crippen molar-refractivity contribution in [3.05, 3.63) is 92.2 Å². The molecule has 0 aliphatic carbocycles. The van der Waals surface area contributed by atoms with E-state index < -0.39 is 7.32 Å². The highest BCUT2D eigenvalue weighted by Crippen LogP contribution is 1.81. The molecule has 0 atom stereocenters. The first-order valence-corrected chi connectivity index (χ1v) is 6.12. The topological polar surface area (TPSA) is 103 Å². The summed E-state index contributed by atoms with van der Waals surface area (Å²) in [5, 5.41) is 25.2. The molecule has 3 aromatic rings. The van der Waals surface area contributed by atoms with Gasteiger partial charge in [-0.25, -0.2) is 13.3 Å². The fourth-order valence-electron chi connectivity index (χ4n) is 0.873. The van der Waals surface area contributed by atoms with Crippen LogP contribution < -0.4 is 15.1 Å². The zero-order valence-electron chi connectivity index (χ0n) is 11.7. The Morgan fingerprint density at radius 3 is 0.636 bits per heavy atom. The highest BCUT2D eigenvalue weighted by molar-refractivity contribution is 6.24. The lowest BCUT2D eigenvalue weighted by Gasteiger charge is -2.35. The average Bonchev–Trinajstić information content (AvgIpc) is 2.60. The Hall–Kier alpha value is -2.61. The fourth-order valence-corrected chi connectivity index (χ4v) is 0.873. The van der Waals surface area contributed by atoms with Crippen molar-refractivity contribution < 1.29 is 28.3 Å². The lowest BCUT2D eigenvalue weighted by Crippen LogP contribution is -2.56. The van der Waals surface area contributed by atoms with Crippen molar-refractivity contribution in [2.45, 2.75) is 0 Å². The van der Waals surface area contributed by atoms with Crippen molar-refractivity contribution in [2.24, 2.45) is 0 Å². The van der Waals surface area contributed by atoms with Crippen LogP contribution in [0.15, 0.2) is 105 Å². The van der Waals surface area contributed by atoms with Gasteiger partial charge in [0, 0.05) is 36.4 Å². The van der Waals surface area contributed by atoms with Crippen LogP contribution >= 0.6 is 0 Å². The van der Waals surface area contributed by atoms with Crippen molar-refractivity contribution in [3.63, 3.8) is 0 Å². The fraction of sp³-hybridized carbons (Fsp3) is 0. The van der Waals surface area contributed by atoms with E-state index in [0.29, 0.717) is 0 Å². The maximum Gasteiger partial charge on any atom is 0.317 e. The van der Waals surface area contributed by atoms with Crippen LogP contribution in [0.4, 0.5) is 0 Å². The third kappa shape index (κ3) is 19.7. The second kappa shape index (κ2) is 16.4. The molecule has 0 aliphatic rings. The van der Waals surface area contributed by atoms with E-state index in [0.717, 1.165) is 0 Å². The van der Waals surface area contributed by atoms with Crippen LogP contribution in [0.5, 0.6) is 0 Å². The molecule has 3 heterocycles. The van der Waals surface area contributed by atoms with Gasteiger partial charge in [-0.05, 0) is 18.2 Å². The molecule has 0 spiro atoms. The first-order chi connectivity index (χ1) is 10.7. The predicted octanol–water partition coefficient (Wildman–Crippen LogP) is 0.734. The van der Waals surface area contributed by atoms with Crippen molar-refractivity contribution >= 4 is 7.32 Å². The first kappa shape index (κ1) is 19.4. The summed E-state index contributed by atoms with van der Waals surface area (Å²) in [7, 11) is -2.92. The SMILES string of the molecule is [O-]B([O-])[O-].c1cc[o+]cc1.c1cc[o+]cc1.c1cc[o+]cc1. The van der Waals surface area contributed by atoms with Gasteiger partial charge in [0.05, 0.1) is 0 Å². The number of hydrogen-bond donors (Lipinski definition) is 0. The van der Waals surface area contributed by atoms with Gasteiger partial charge >= 0.3 is 37.6 Å². The van der Waals surface area contributed by atoms with E-state index >= 15 is 0 Å². The maximum atomic E-state index is 8.42. The van der Waals surface area contributed by atoms with Crippen LogP contribution in [0.1, 0.15) is 0 Å². The second-order valence-corrected chi connectivity index (χ2v) is 3.25. The Bertz CT molecular complexity index is 352. The third-order valence-corrected chi connectivity index (χ3v) is 1.61. The Morgan fingerprint density at radius 2 is 0.591 bits per heavy atom. The molecule has 114 valence electrons. The van der Waals surface area contributed by atoms with Gasteiger partial charge in [0.15, 0.2) is 0 Å². The summed E-state index contributed by atoms with van der Waals surface area (Å²) in [4.78, 5) is 0. The molecule has 0 fully saturated rings. The standard InChI is InChI=1S/3C5H5O.BO3/c3*1-2-4-6-5-3-1;2-1(3)4/h3*1-5H;/q3*+1;-3. The van der Waals surface area contributed by atoms with Gasteiger partial charge in [0.25, 0.3) is 0 Å². The summed E-state index contributed by atoms with van der Waals surface area (Å²) >= 11 is 0. The van der Waals surface area contributed by atoms with Crippen molar-refractivity contribution in [1.82, 2.24) is 0 Å². The summed E-state index contributed by atoms with van der Waals surface area (Å²) in [5.41, 5.74) is 0. The highest BCUT2D eigenvalue weighted by Gasteiger charge is 1.74. The molecule has 0 radical (unpaired) electrons. The van der Waals surface area contributed by atoms with E-state index in [4.69, 9.17) is 15.1 Å². The minimum Gasteiger partial charge on any atom is -0.907 e. The number of rotatable bonds is 0. The highest BCUT2D eigenvalue weighted by atomic mass is 16.5. The zero-order chi connectivity index (χ0) is 16.3. The molecule has 0 aliphatic heterocycles. The molecule has 6 nitrogen and oxygen atoms in total. The molecule has 22 heavy (non-hydrogen) atoms. The minimum absolute atomic E-state index is 1.62. The van der Waals surface area contributed by atoms with Crippen LogP contribution in [-0.4, -0.2) is 7.32 Å². The van der Waals surface area contributed by atoms with Crippen molar-refractivity contribution in [1.29, 1.82) is 0 Å². The first-order valence-electron chi connectivity index (χ1n) is 6.12. The van der Waals surface area contributed by atoms with E-state index in [-0.39, 0.29) is 0 Å². The molecular formula is C15H15BO6. The summed E-state index contributed by atoms with van der Waals surface area (Å²) in [6.07, 6.45) is 9.75. The summed E-state index contributed by atoms with van der Waals surface area (Å²) in [5.74, 6) is 0. The van der Waals surface area contributed by atoms with Gasteiger partial charge in [-0.1, -0.05) is 0 Å². The van der Waals surface area contributed by atoms with Gasteiger partial charge < -0.3 is 15.1 Å². The van der Waals surface area contributed by atoms with Crippen LogP contribution in [0.3, 0.4) is 0 Å². The molecule has 0 saturated carbocycles. The quantitative estimate of drug-likeness (QED) is 0.448. The molecule has 0 aromatic carbocycles. The molecule has 3 rings (SSSR count). The van der Waals surface area contributed by atoms with Gasteiger partial charge in [0.2, 0.25) is 0 Å². The molecule has 7 heteroatoms. The molecule has 0 bridgehead atoms. The Morgan fingerprint density at radius 1 is 0.409 bits per heavy atom. The smallest absolute Gasteiger partial charge is 0.317 e. The lowest BCUT2D eigenvalue weighted by atomic mass is 10.3. The largest absolute Gasteiger partial charge is 0.907 e. The molecule has 0 N–H and O–H groups in total. The third-order valence-electron chi connectivity index (χ3n) is 1.61. The maximum absolute atomic E-state index is 8.42. The Balaban J connectivity index is 0.000000271. The van der Waals surface area contributed by atoms with Crippen LogP contribution in [0.2, 0.25) is 0 Å².